The number of morpholine rings is 1. The number of ether oxygens (including phenoxy) is 1. The van der Waals surface area contributed by atoms with Crippen molar-refractivity contribution in [3.8, 4) is 0 Å². The predicted molar refractivity (Wildman–Crippen MR) is 77.6 cm³/mol. The molecular formula is C12H21N7O2. The maximum absolute atomic E-state index is 11.9. The molecule has 0 spiro atoms. The topological polar surface area (TPSA) is 118 Å². The Labute approximate surface area is 123 Å². The number of nitrogens with one attached hydrogen (secondary N) is 2. The van der Waals surface area contributed by atoms with Gasteiger partial charge in [-0.2, -0.15) is 15.0 Å². The third kappa shape index (κ3) is 4.80. The van der Waals surface area contributed by atoms with Crippen LogP contribution in [0.25, 0.3) is 0 Å². The van der Waals surface area contributed by atoms with Gasteiger partial charge in [-0.1, -0.05) is 0 Å². The Hall–Kier alpha value is -2.00. The molecule has 1 aromatic rings. The van der Waals surface area contributed by atoms with E-state index in [1.165, 1.54) is 0 Å². The highest BCUT2D eigenvalue weighted by Gasteiger charge is 2.17. The molecule has 116 valence electrons. The Bertz CT molecular complexity index is 488. The van der Waals surface area contributed by atoms with Gasteiger partial charge < -0.3 is 26.0 Å². The summed E-state index contributed by atoms with van der Waals surface area (Å²) in [4.78, 5) is 25.8. The number of hydrogen-bond donors (Lipinski definition) is 3. The van der Waals surface area contributed by atoms with Crippen molar-refractivity contribution in [3.05, 3.63) is 5.82 Å². The SMILES string of the molecule is CN(C)c1nc(N)nc(CNC(=O)CC2COCCN2)n1. The van der Waals surface area contributed by atoms with Crippen molar-refractivity contribution in [2.75, 3.05) is 44.5 Å². The molecular weight excluding hydrogens is 274 g/mol. The highest BCUT2D eigenvalue weighted by Crippen LogP contribution is 2.05. The molecule has 9 nitrogen and oxygen atoms in total. The van der Waals surface area contributed by atoms with Gasteiger partial charge in [-0.3, -0.25) is 4.79 Å². The van der Waals surface area contributed by atoms with Crippen LogP contribution in [-0.4, -0.2) is 60.8 Å². The molecule has 0 aromatic carbocycles. The van der Waals surface area contributed by atoms with Gasteiger partial charge in [-0.25, -0.2) is 0 Å². The summed E-state index contributed by atoms with van der Waals surface area (Å²) in [6.45, 7) is 2.24. The molecule has 1 unspecified atom stereocenters. The number of anilines is 2. The Morgan fingerprint density at radius 1 is 1.48 bits per heavy atom. The summed E-state index contributed by atoms with van der Waals surface area (Å²) in [5.41, 5.74) is 5.62. The number of rotatable bonds is 5. The number of hydrogen-bond acceptors (Lipinski definition) is 8. The minimum absolute atomic E-state index is 0.0551. The molecule has 2 rings (SSSR count). The first kappa shape index (κ1) is 15.4. The molecule has 4 N–H and O–H groups in total. The van der Waals surface area contributed by atoms with Gasteiger partial charge in [0.1, 0.15) is 0 Å². The summed E-state index contributed by atoms with van der Waals surface area (Å²) in [7, 11) is 3.62. The molecule has 2 heterocycles. The van der Waals surface area contributed by atoms with Gasteiger partial charge in [0.2, 0.25) is 17.8 Å². The molecule has 0 saturated carbocycles. The molecule has 1 amide bonds. The first-order chi connectivity index (χ1) is 10.0. The van der Waals surface area contributed by atoms with E-state index in [9.17, 15) is 4.79 Å². The largest absolute Gasteiger partial charge is 0.378 e. The summed E-state index contributed by atoms with van der Waals surface area (Å²) in [6, 6.07) is 0.0551. The molecule has 1 atom stereocenters. The molecule has 1 fully saturated rings. The normalized spacial score (nSPS) is 18.3. The van der Waals surface area contributed by atoms with Crippen molar-refractivity contribution in [3.63, 3.8) is 0 Å². The Morgan fingerprint density at radius 2 is 2.29 bits per heavy atom. The van der Waals surface area contributed by atoms with Crippen molar-refractivity contribution < 1.29 is 9.53 Å². The van der Waals surface area contributed by atoms with Crippen LogP contribution in [0.1, 0.15) is 12.2 Å². The minimum atomic E-state index is -0.0802. The van der Waals surface area contributed by atoms with Crippen LogP contribution >= 0.6 is 0 Å². The lowest BCUT2D eigenvalue weighted by Crippen LogP contribution is -2.44. The molecule has 0 aliphatic carbocycles. The molecule has 0 bridgehead atoms. The molecule has 0 radical (unpaired) electrons. The number of carbonyl (C=O) groups is 1. The maximum Gasteiger partial charge on any atom is 0.229 e. The Morgan fingerprint density at radius 3 is 2.95 bits per heavy atom. The van der Waals surface area contributed by atoms with Crippen molar-refractivity contribution in [1.29, 1.82) is 0 Å². The van der Waals surface area contributed by atoms with E-state index in [1.54, 1.807) is 4.90 Å². The fraction of sp³-hybridized carbons (Fsp3) is 0.667. The summed E-state index contributed by atoms with van der Waals surface area (Å²) in [5, 5.41) is 6.01. The van der Waals surface area contributed by atoms with Gasteiger partial charge in [0.05, 0.1) is 19.8 Å². The van der Waals surface area contributed by atoms with Crippen molar-refractivity contribution >= 4 is 17.8 Å². The van der Waals surface area contributed by atoms with Crippen LogP contribution in [-0.2, 0) is 16.1 Å². The average Bonchev–Trinajstić information content (AvgIpc) is 2.45. The minimum Gasteiger partial charge on any atom is -0.378 e. The third-order valence-corrected chi connectivity index (χ3v) is 2.96. The van der Waals surface area contributed by atoms with E-state index in [2.05, 4.69) is 25.6 Å². The standard InChI is InChI=1S/C12H21N7O2/c1-19(2)12-17-9(16-11(13)18-12)6-15-10(20)5-8-7-21-4-3-14-8/h8,14H,3-7H2,1-2H3,(H,15,20)(H2,13,16,17,18). The second kappa shape index (κ2) is 7.14. The number of nitrogen functional groups attached to an aromatic ring is 1. The fourth-order valence-corrected chi connectivity index (χ4v) is 1.93. The van der Waals surface area contributed by atoms with Crippen LogP contribution in [0, 0.1) is 0 Å². The van der Waals surface area contributed by atoms with Crippen LogP contribution in [0.3, 0.4) is 0 Å². The summed E-state index contributed by atoms with van der Waals surface area (Å²) in [6.07, 6.45) is 0.362. The van der Waals surface area contributed by atoms with Crippen LogP contribution in [0.15, 0.2) is 0 Å². The van der Waals surface area contributed by atoms with Gasteiger partial charge in [0.15, 0.2) is 5.82 Å². The maximum atomic E-state index is 11.9. The van der Waals surface area contributed by atoms with Gasteiger partial charge in [0.25, 0.3) is 0 Å². The van der Waals surface area contributed by atoms with Crippen molar-refractivity contribution in [2.24, 2.45) is 0 Å². The lowest BCUT2D eigenvalue weighted by Gasteiger charge is -2.23. The number of aromatic nitrogens is 3. The fourth-order valence-electron chi connectivity index (χ4n) is 1.93. The zero-order valence-corrected chi connectivity index (χ0v) is 12.3. The number of carbonyl (C=O) groups excluding carboxylic acids is 1. The Kier molecular flexibility index (Phi) is 5.23. The van der Waals surface area contributed by atoms with Gasteiger partial charge in [-0.15, -0.1) is 0 Å². The van der Waals surface area contributed by atoms with Gasteiger partial charge >= 0.3 is 0 Å². The smallest absolute Gasteiger partial charge is 0.229 e. The summed E-state index contributed by atoms with van der Waals surface area (Å²) >= 11 is 0. The first-order valence-corrected chi connectivity index (χ1v) is 6.80. The second-order valence-electron chi connectivity index (χ2n) is 5.01. The monoisotopic (exact) mass is 295 g/mol. The van der Waals surface area contributed by atoms with E-state index < -0.39 is 0 Å². The van der Waals surface area contributed by atoms with E-state index >= 15 is 0 Å². The Balaban J connectivity index is 1.85. The molecule has 1 saturated heterocycles. The highest BCUT2D eigenvalue weighted by atomic mass is 16.5. The molecule has 1 aliphatic rings. The van der Waals surface area contributed by atoms with E-state index in [0.29, 0.717) is 31.4 Å². The predicted octanol–water partition coefficient (Wildman–Crippen LogP) is -1.49. The quantitative estimate of drug-likeness (QED) is 0.601. The number of amides is 1. The zero-order chi connectivity index (χ0) is 15.2. The van der Waals surface area contributed by atoms with E-state index in [1.807, 2.05) is 14.1 Å². The van der Waals surface area contributed by atoms with E-state index in [0.717, 1.165) is 6.54 Å². The molecule has 9 heteroatoms. The molecule has 21 heavy (non-hydrogen) atoms. The second-order valence-corrected chi connectivity index (χ2v) is 5.01. The summed E-state index contributed by atoms with van der Waals surface area (Å²) in [5.74, 6) is 0.963. The van der Waals surface area contributed by atoms with Crippen molar-refractivity contribution in [2.45, 2.75) is 19.0 Å². The number of nitrogens with two attached hydrogens (primary N) is 1. The van der Waals surface area contributed by atoms with Crippen LogP contribution in [0.4, 0.5) is 11.9 Å². The lowest BCUT2D eigenvalue weighted by molar-refractivity contribution is -0.122. The van der Waals surface area contributed by atoms with Gasteiger partial charge in [0, 0.05) is 33.1 Å². The molecule has 1 aliphatic heterocycles. The lowest BCUT2D eigenvalue weighted by atomic mass is 10.2. The zero-order valence-electron chi connectivity index (χ0n) is 12.3. The van der Waals surface area contributed by atoms with Crippen LogP contribution < -0.4 is 21.3 Å². The van der Waals surface area contributed by atoms with E-state index in [4.69, 9.17) is 10.5 Å². The first-order valence-electron chi connectivity index (χ1n) is 6.80. The van der Waals surface area contributed by atoms with Crippen LogP contribution in [0.2, 0.25) is 0 Å². The summed E-state index contributed by atoms with van der Waals surface area (Å²) < 4.78 is 5.31. The van der Waals surface area contributed by atoms with Gasteiger partial charge in [-0.05, 0) is 0 Å². The number of nitrogens with zero attached hydrogens (tertiary/aromatic N) is 4. The average molecular weight is 295 g/mol. The van der Waals surface area contributed by atoms with E-state index in [-0.39, 0.29) is 24.4 Å². The third-order valence-electron chi connectivity index (χ3n) is 2.96. The molecule has 1 aromatic heterocycles. The van der Waals surface area contributed by atoms with Crippen LogP contribution in [0.5, 0.6) is 0 Å². The van der Waals surface area contributed by atoms with Crippen molar-refractivity contribution in [1.82, 2.24) is 25.6 Å². The highest BCUT2D eigenvalue weighted by molar-refractivity contribution is 5.76.